The maximum Gasteiger partial charge on any atom is 0.310 e. The highest BCUT2D eigenvalue weighted by Gasteiger charge is 1.94. The van der Waals surface area contributed by atoms with Gasteiger partial charge in [0.15, 0.2) is 0 Å². The molecule has 0 radical (unpaired) electrons. The van der Waals surface area contributed by atoms with Gasteiger partial charge in [-0.05, 0) is 19.1 Å². The minimum Gasteiger partial charge on any atom is -0.466 e. The molecule has 7 nitrogen and oxygen atoms in total. The van der Waals surface area contributed by atoms with Gasteiger partial charge >= 0.3 is 23.9 Å². The molecule has 0 aliphatic carbocycles. The van der Waals surface area contributed by atoms with Crippen LogP contribution in [0.1, 0.15) is 34.6 Å². The van der Waals surface area contributed by atoms with E-state index in [1.165, 1.54) is 27.7 Å². The number of carbonyl (C=O) groups excluding carboxylic acids is 4. The number of ether oxygens (including phenoxy) is 3. The summed E-state index contributed by atoms with van der Waals surface area (Å²) in [5.74, 6) is -1.03. The highest BCUT2D eigenvalue weighted by atomic mass is 16.6. The molecule has 0 unspecified atom stereocenters. The zero-order chi connectivity index (χ0) is 18.3. The van der Waals surface area contributed by atoms with Gasteiger partial charge < -0.3 is 14.2 Å². The molecule has 0 saturated carbocycles. The van der Waals surface area contributed by atoms with Crippen molar-refractivity contribution in [1.82, 2.24) is 0 Å². The molecule has 0 amide bonds. The second-order valence-electron chi connectivity index (χ2n) is 3.92. The Morgan fingerprint density at radius 3 is 1.48 bits per heavy atom. The Hall–Kier alpha value is -2.70. The molecule has 0 N–H and O–H groups in total. The fourth-order valence-electron chi connectivity index (χ4n) is 1.06. The van der Waals surface area contributed by atoms with E-state index in [1.54, 1.807) is 19.1 Å². The highest BCUT2D eigenvalue weighted by Crippen LogP contribution is 2.07. The van der Waals surface area contributed by atoms with Crippen LogP contribution in [0.15, 0.2) is 30.3 Å². The number of hydrogen-bond acceptors (Lipinski definition) is 7. The van der Waals surface area contributed by atoms with Crippen molar-refractivity contribution in [3.8, 4) is 5.75 Å². The summed E-state index contributed by atoms with van der Waals surface area (Å²) in [5, 5.41) is 0. The topological polar surface area (TPSA) is 96.0 Å². The van der Waals surface area contributed by atoms with Gasteiger partial charge in [0, 0.05) is 27.7 Å². The third kappa shape index (κ3) is 21.7. The summed E-state index contributed by atoms with van der Waals surface area (Å²) < 4.78 is 13.2. The maximum absolute atomic E-state index is 10.4. The van der Waals surface area contributed by atoms with Crippen molar-refractivity contribution in [1.29, 1.82) is 0 Å². The normalized spacial score (nSPS) is 8.22. The largest absolute Gasteiger partial charge is 0.466 e. The Morgan fingerprint density at radius 2 is 1.26 bits per heavy atom. The Bertz CT molecular complexity index is 482. The van der Waals surface area contributed by atoms with Crippen LogP contribution >= 0.6 is 0 Å². The number of hydrogen-bond donors (Lipinski definition) is 0. The SMILES string of the molecule is CC(=O)OC(C)=O.CC(=O)Oc1ccccc1.CCOC(C)=O. The summed E-state index contributed by atoms with van der Waals surface area (Å²) in [6, 6.07) is 8.98. The van der Waals surface area contributed by atoms with Gasteiger partial charge in [-0.15, -0.1) is 0 Å². The molecule has 0 spiro atoms. The van der Waals surface area contributed by atoms with E-state index in [-0.39, 0.29) is 11.9 Å². The first kappa shape index (κ1) is 22.6. The molecule has 1 aromatic rings. The first-order chi connectivity index (χ1) is 10.7. The summed E-state index contributed by atoms with van der Waals surface area (Å²) in [6.45, 7) is 7.40. The number of esters is 4. The van der Waals surface area contributed by atoms with Crippen LogP contribution in [0.25, 0.3) is 0 Å². The molecule has 0 saturated heterocycles. The fraction of sp³-hybridized carbons (Fsp3) is 0.375. The Labute approximate surface area is 135 Å². The van der Waals surface area contributed by atoms with Gasteiger partial charge in [0.2, 0.25) is 0 Å². The van der Waals surface area contributed by atoms with Crippen LogP contribution in [0.3, 0.4) is 0 Å². The van der Waals surface area contributed by atoms with E-state index in [9.17, 15) is 19.2 Å². The molecule has 0 bridgehead atoms. The quantitative estimate of drug-likeness (QED) is 0.467. The van der Waals surface area contributed by atoms with Crippen molar-refractivity contribution in [2.24, 2.45) is 0 Å². The van der Waals surface area contributed by atoms with Crippen LogP contribution in [0.2, 0.25) is 0 Å². The van der Waals surface area contributed by atoms with E-state index in [0.717, 1.165) is 0 Å². The molecular formula is C16H22O7. The standard InChI is InChI=1S/C8H8O2.C4H6O3.C4H8O2/c1-7(9)10-8-5-3-2-4-6-8;1-3(5)7-4(2)6;1-3-6-4(2)5/h2-6H,1H3;1-2H3;3H2,1-2H3. The molecule has 1 rings (SSSR count). The summed E-state index contributed by atoms with van der Waals surface area (Å²) in [5.41, 5.74) is 0. The van der Waals surface area contributed by atoms with Gasteiger partial charge in [0.25, 0.3) is 0 Å². The minimum atomic E-state index is -0.562. The molecule has 0 aliphatic heterocycles. The second-order valence-corrected chi connectivity index (χ2v) is 3.92. The number of benzene rings is 1. The van der Waals surface area contributed by atoms with Gasteiger partial charge in [-0.25, -0.2) is 0 Å². The molecule has 128 valence electrons. The highest BCUT2D eigenvalue weighted by molar-refractivity contribution is 5.82. The van der Waals surface area contributed by atoms with Gasteiger partial charge in [-0.1, -0.05) is 18.2 Å². The van der Waals surface area contributed by atoms with Crippen LogP contribution in [-0.4, -0.2) is 30.5 Å². The van der Waals surface area contributed by atoms with Crippen molar-refractivity contribution in [2.45, 2.75) is 34.6 Å². The van der Waals surface area contributed by atoms with Crippen molar-refractivity contribution in [3.63, 3.8) is 0 Å². The van der Waals surface area contributed by atoms with Crippen molar-refractivity contribution in [2.75, 3.05) is 6.61 Å². The van der Waals surface area contributed by atoms with E-state index >= 15 is 0 Å². The van der Waals surface area contributed by atoms with E-state index in [0.29, 0.717) is 12.4 Å². The van der Waals surface area contributed by atoms with Gasteiger partial charge in [0.05, 0.1) is 6.61 Å². The summed E-state index contributed by atoms with van der Waals surface area (Å²) in [6.07, 6.45) is 0. The Morgan fingerprint density at radius 1 is 0.783 bits per heavy atom. The van der Waals surface area contributed by atoms with E-state index in [2.05, 4.69) is 9.47 Å². The fourth-order valence-corrected chi connectivity index (χ4v) is 1.06. The van der Waals surface area contributed by atoms with Gasteiger partial charge in [-0.3, -0.25) is 19.2 Å². The predicted octanol–water partition coefficient (Wildman–Crippen LogP) is 2.28. The lowest BCUT2D eigenvalue weighted by atomic mass is 10.3. The third-order valence-electron chi connectivity index (χ3n) is 1.64. The zero-order valence-electron chi connectivity index (χ0n) is 14.0. The van der Waals surface area contributed by atoms with Crippen LogP contribution in [0, 0.1) is 0 Å². The summed E-state index contributed by atoms with van der Waals surface area (Å²) >= 11 is 0. The first-order valence-electron chi connectivity index (χ1n) is 6.74. The molecule has 0 aliphatic rings. The smallest absolute Gasteiger partial charge is 0.310 e. The van der Waals surface area contributed by atoms with E-state index < -0.39 is 11.9 Å². The zero-order valence-corrected chi connectivity index (χ0v) is 14.0. The van der Waals surface area contributed by atoms with E-state index in [4.69, 9.17) is 4.74 Å². The Balaban J connectivity index is 0. The van der Waals surface area contributed by atoms with Crippen LogP contribution in [-0.2, 0) is 28.7 Å². The average molecular weight is 326 g/mol. The van der Waals surface area contributed by atoms with Crippen LogP contribution in [0.5, 0.6) is 5.75 Å². The lowest BCUT2D eigenvalue weighted by molar-refractivity contribution is -0.156. The molecule has 23 heavy (non-hydrogen) atoms. The van der Waals surface area contributed by atoms with Crippen LogP contribution < -0.4 is 4.74 Å². The minimum absolute atomic E-state index is 0.211. The molecule has 0 fully saturated rings. The predicted molar refractivity (Wildman–Crippen MR) is 82.5 cm³/mol. The van der Waals surface area contributed by atoms with E-state index in [1.807, 2.05) is 18.2 Å². The third-order valence-corrected chi connectivity index (χ3v) is 1.64. The molecule has 0 aromatic heterocycles. The van der Waals surface area contributed by atoms with Gasteiger partial charge in [0.1, 0.15) is 5.75 Å². The lowest BCUT2D eigenvalue weighted by Gasteiger charge is -1.97. The summed E-state index contributed by atoms with van der Waals surface area (Å²) in [4.78, 5) is 39.8. The molecule has 0 heterocycles. The second kappa shape index (κ2) is 14.2. The molecular weight excluding hydrogens is 304 g/mol. The average Bonchev–Trinajstić information content (AvgIpc) is 2.38. The molecule has 1 aromatic carbocycles. The van der Waals surface area contributed by atoms with Gasteiger partial charge in [-0.2, -0.15) is 0 Å². The van der Waals surface area contributed by atoms with Crippen LogP contribution in [0.4, 0.5) is 0 Å². The number of rotatable bonds is 2. The number of carbonyl (C=O) groups is 4. The van der Waals surface area contributed by atoms with Crippen molar-refractivity contribution in [3.05, 3.63) is 30.3 Å². The molecule has 7 heteroatoms. The number of para-hydroxylation sites is 1. The maximum atomic E-state index is 10.4. The lowest BCUT2D eigenvalue weighted by Crippen LogP contribution is -2.03. The van der Waals surface area contributed by atoms with Crippen molar-refractivity contribution >= 4 is 23.9 Å². The van der Waals surface area contributed by atoms with Crippen molar-refractivity contribution < 1.29 is 33.4 Å². The first-order valence-corrected chi connectivity index (χ1v) is 6.74. The monoisotopic (exact) mass is 326 g/mol. The molecule has 0 atom stereocenters. The summed E-state index contributed by atoms with van der Waals surface area (Å²) in [7, 11) is 0. The Kier molecular flexibility index (Phi) is 14.0.